The molecular weight excluding hydrogens is 434 g/mol. The summed E-state index contributed by atoms with van der Waals surface area (Å²) in [4.78, 5) is 11.3. The first-order valence-corrected chi connectivity index (χ1v) is 12.1. The summed E-state index contributed by atoms with van der Waals surface area (Å²) in [5.74, 6) is 1.07. The molecule has 0 amide bonds. The summed E-state index contributed by atoms with van der Waals surface area (Å²) in [6, 6.07) is 14.5. The zero-order chi connectivity index (χ0) is 22.4. The first-order valence-electron chi connectivity index (χ1n) is 10.1. The van der Waals surface area contributed by atoms with E-state index in [9.17, 15) is 8.42 Å². The fourth-order valence-corrected chi connectivity index (χ4v) is 4.40. The lowest BCUT2D eigenvalue weighted by atomic mass is 10.2. The molecule has 31 heavy (non-hydrogen) atoms. The Labute approximate surface area is 189 Å². The minimum atomic E-state index is -3.54. The Morgan fingerprint density at radius 2 is 1.71 bits per heavy atom. The minimum Gasteiger partial charge on any atom is -0.369 e. The van der Waals surface area contributed by atoms with Gasteiger partial charge < -0.3 is 10.2 Å². The molecule has 1 N–H and O–H groups in total. The van der Waals surface area contributed by atoms with Crippen LogP contribution in [0.4, 0.5) is 5.82 Å². The van der Waals surface area contributed by atoms with Crippen LogP contribution < -0.4 is 5.32 Å². The summed E-state index contributed by atoms with van der Waals surface area (Å²) in [6.45, 7) is 1.82. The van der Waals surface area contributed by atoms with Gasteiger partial charge in [0, 0.05) is 24.0 Å². The van der Waals surface area contributed by atoms with Crippen LogP contribution in [0.3, 0.4) is 0 Å². The van der Waals surface area contributed by atoms with Crippen molar-refractivity contribution in [3.63, 3.8) is 0 Å². The Bertz CT molecular complexity index is 1120. The molecular formula is C22H28ClN5O2S. The molecule has 0 aliphatic heterocycles. The van der Waals surface area contributed by atoms with E-state index in [2.05, 4.69) is 20.2 Å². The maximum Gasteiger partial charge on any atom is 0.218 e. The SMILES string of the molecule is CN(C)CCCNc1nc(CN(C)S(=O)(=O)Cc2ccc(Cl)cc2)nc2ccccc12. The van der Waals surface area contributed by atoms with E-state index in [0.717, 1.165) is 36.2 Å². The highest BCUT2D eigenvalue weighted by Crippen LogP contribution is 2.21. The highest BCUT2D eigenvalue weighted by Gasteiger charge is 2.20. The molecule has 3 rings (SSSR count). The number of aromatic nitrogens is 2. The zero-order valence-corrected chi connectivity index (χ0v) is 19.6. The summed E-state index contributed by atoms with van der Waals surface area (Å²) in [5, 5.41) is 4.88. The van der Waals surface area contributed by atoms with Crippen LogP contribution in [0, 0.1) is 0 Å². The van der Waals surface area contributed by atoms with E-state index in [1.54, 1.807) is 31.3 Å². The molecule has 0 bridgehead atoms. The number of sulfonamides is 1. The third-order valence-electron chi connectivity index (χ3n) is 4.83. The van der Waals surface area contributed by atoms with Crippen molar-refractivity contribution >= 4 is 38.3 Å². The van der Waals surface area contributed by atoms with Gasteiger partial charge in [0.1, 0.15) is 11.6 Å². The molecule has 0 aliphatic rings. The number of hydrogen-bond donors (Lipinski definition) is 1. The number of rotatable bonds is 10. The average Bonchev–Trinajstić information content (AvgIpc) is 2.72. The van der Waals surface area contributed by atoms with E-state index in [4.69, 9.17) is 11.6 Å². The van der Waals surface area contributed by atoms with Crippen LogP contribution in [0.1, 0.15) is 17.8 Å². The number of nitrogens with zero attached hydrogens (tertiary/aromatic N) is 4. The number of benzene rings is 2. The number of hydrogen-bond acceptors (Lipinski definition) is 6. The second kappa shape index (κ2) is 10.4. The van der Waals surface area contributed by atoms with Gasteiger partial charge in [-0.2, -0.15) is 4.31 Å². The van der Waals surface area contributed by atoms with Crippen molar-refractivity contribution in [2.24, 2.45) is 0 Å². The number of fused-ring (bicyclic) bond motifs is 1. The Hall–Kier alpha value is -2.26. The molecule has 9 heteroatoms. The molecule has 0 saturated carbocycles. The van der Waals surface area contributed by atoms with Crippen molar-refractivity contribution in [3.05, 3.63) is 64.9 Å². The fourth-order valence-electron chi connectivity index (χ4n) is 3.13. The summed E-state index contributed by atoms with van der Waals surface area (Å²) in [7, 11) is 2.09. The molecule has 166 valence electrons. The van der Waals surface area contributed by atoms with Crippen molar-refractivity contribution in [3.8, 4) is 0 Å². The van der Waals surface area contributed by atoms with Gasteiger partial charge in [-0.15, -0.1) is 0 Å². The van der Waals surface area contributed by atoms with E-state index in [0.29, 0.717) is 16.4 Å². The summed E-state index contributed by atoms with van der Waals surface area (Å²) in [5.41, 5.74) is 1.46. The maximum absolute atomic E-state index is 12.8. The number of halogens is 1. The van der Waals surface area contributed by atoms with Crippen LogP contribution in [0.2, 0.25) is 5.02 Å². The molecule has 0 fully saturated rings. The average molecular weight is 462 g/mol. The number of para-hydroxylation sites is 1. The van der Waals surface area contributed by atoms with E-state index < -0.39 is 10.0 Å². The lowest BCUT2D eigenvalue weighted by Crippen LogP contribution is -2.28. The van der Waals surface area contributed by atoms with Crippen molar-refractivity contribution in [2.75, 3.05) is 39.5 Å². The summed E-state index contributed by atoms with van der Waals surface area (Å²) < 4.78 is 27.0. The van der Waals surface area contributed by atoms with Gasteiger partial charge in [0.05, 0.1) is 17.8 Å². The van der Waals surface area contributed by atoms with Crippen molar-refractivity contribution in [1.82, 2.24) is 19.2 Å². The molecule has 2 aromatic carbocycles. The molecule has 0 atom stereocenters. The Balaban J connectivity index is 1.77. The summed E-state index contributed by atoms with van der Waals surface area (Å²) in [6.07, 6.45) is 0.968. The predicted octanol–water partition coefficient (Wildman–Crippen LogP) is 3.61. The largest absolute Gasteiger partial charge is 0.369 e. The topological polar surface area (TPSA) is 78.4 Å². The second-order valence-corrected chi connectivity index (χ2v) is 10.2. The van der Waals surface area contributed by atoms with E-state index in [1.165, 1.54) is 4.31 Å². The van der Waals surface area contributed by atoms with Crippen LogP contribution in [0.15, 0.2) is 48.5 Å². The second-order valence-electron chi connectivity index (χ2n) is 7.73. The number of anilines is 1. The van der Waals surface area contributed by atoms with Gasteiger partial charge >= 0.3 is 0 Å². The summed E-state index contributed by atoms with van der Waals surface area (Å²) >= 11 is 5.89. The standard InChI is InChI=1S/C22H28ClN5O2S/c1-27(2)14-6-13-24-22-19-7-4-5-8-20(19)25-21(26-22)15-28(3)31(29,30)16-17-9-11-18(23)12-10-17/h4-5,7-12H,6,13-16H2,1-3H3,(H,24,25,26). The molecule has 0 unspecified atom stereocenters. The molecule has 1 heterocycles. The molecule has 0 aliphatic carbocycles. The van der Waals surface area contributed by atoms with Crippen LogP contribution in [-0.2, 0) is 22.3 Å². The van der Waals surface area contributed by atoms with Crippen LogP contribution in [0.5, 0.6) is 0 Å². The van der Waals surface area contributed by atoms with Crippen molar-refractivity contribution in [1.29, 1.82) is 0 Å². The monoisotopic (exact) mass is 461 g/mol. The lowest BCUT2D eigenvalue weighted by Gasteiger charge is -2.18. The first kappa shape index (κ1) is 23.4. The van der Waals surface area contributed by atoms with Crippen LogP contribution in [-0.4, -0.2) is 61.8 Å². The van der Waals surface area contributed by atoms with Gasteiger partial charge in [-0.05, 0) is 56.9 Å². The Morgan fingerprint density at radius 3 is 2.42 bits per heavy atom. The van der Waals surface area contributed by atoms with E-state index in [-0.39, 0.29) is 12.3 Å². The maximum atomic E-state index is 12.8. The van der Waals surface area contributed by atoms with E-state index in [1.807, 2.05) is 38.4 Å². The fraction of sp³-hybridized carbons (Fsp3) is 0.364. The first-order chi connectivity index (χ1) is 14.7. The van der Waals surface area contributed by atoms with Gasteiger partial charge in [0.15, 0.2) is 0 Å². The predicted molar refractivity (Wildman–Crippen MR) is 127 cm³/mol. The number of nitrogens with one attached hydrogen (secondary N) is 1. The molecule has 0 radical (unpaired) electrons. The smallest absolute Gasteiger partial charge is 0.218 e. The normalized spacial score (nSPS) is 12.1. The van der Waals surface area contributed by atoms with Crippen molar-refractivity contribution < 1.29 is 8.42 Å². The Kier molecular flexibility index (Phi) is 7.83. The van der Waals surface area contributed by atoms with Crippen molar-refractivity contribution in [2.45, 2.75) is 18.7 Å². The van der Waals surface area contributed by atoms with Crippen LogP contribution in [0.25, 0.3) is 10.9 Å². The minimum absolute atomic E-state index is 0.0904. The Morgan fingerprint density at radius 1 is 1.00 bits per heavy atom. The van der Waals surface area contributed by atoms with E-state index >= 15 is 0 Å². The zero-order valence-electron chi connectivity index (χ0n) is 18.0. The quantitative estimate of drug-likeness (QED) is 0.465. The van der Waals surface area contributed by atoms with Gasteiger partial charge in [0.25, 0.3) is 0 Å². The molecule has 3 aromatic rings. The van der Waals surface area contributed by atoms with Gasteiger partial charge in [0.2, 0.25) is 10.0 Å². The highest BCUT2D eigenvalue weighted by atomic mass is 35.5. The van der Waals surface area contributed by atoms with Gasteiger partial charge in [-0.25, -0.2) is 18.4 Å². The van der Waals surface area contributed by atoms with Gasteiger partial charge in [-0.3, -0.25) is 0 Å². The molecule has 1 aromatic heterocycles. The molecule has 7 nitrogen and oxygen atoms in total. The third-order valence-corrected chi connectivity index (χ3v) is 6.85. The third kappa shape index (κ3) is 6.61. The lowest BCUT2D eigenvalue weighted by molar-refractivity contribution is 0.405. The highest BCUT2D eigenvalue weighted by molar-refractivity contribution is 7.88. The molecule has 0 spiro atoms. The van der Waals surface area contributed by atoms with Gasteiger partial charge in [-0.1, -0.05) is 35.9 Å². The molecule has 0 saturated heterocycles. The van der Waals surface area contributed by atoms with Crippen LogP contribution >= 0.6 is 11.6 Å².